The minimum absolute atomic E-state index is 0.527. The first kappa shape index (κ1) is 14.2. The van der Waals surface area contributed by atoms with Crippen LogP contribution in [0, 0.1) is 5.92 Å². The van der Waals surface area contributed by atoms with Gasteiger partial charge in [0.1, 0.15) is 12.4 Å². The molecule has 1 aromatic rings. The maximum Gasteiger partial charge on any atom is 0.121 e. The van der Waals surface area contributed by atoms with Crippen LogP contribution in [-0.2, 0) is 4.74 Å². The highest BCUT2D eigenvalue weighted by Gasteiger charge is 2.19. The van der Waals surface area contributed by atoms with Crippen molar-refractivity contribution in [2.24, 2.45) is 5.92 Å². The van der Waals surface area contributed by atoms with Crippen molar-refractivity contribution in [2.75, 3.05) is 25.6 Å². The summed E-state index contributed by atoms with van der Waals surface area (Å²) in [5, 5.41) is 3.56. The van der Waals surface area contributed by atoms with E-state index in [0.29, 0.717) is 19.3 Å². The predicted molar refractivity (Wildman–Crippen MR) is 78.9 cm³/mol. The van der Waals surface area contributed by atoms with E-state index in [2.05, 4.69) is 24.4 Å². The summed E-state index contributed by atoms with van der Waals surface area (Å²) in [5.74, 6) is 1.83. The molecule has 0 aromatic heterocycles. The second-order valence-corrected chi connectivity index (χ2v) is 5.45. The first-order valence-electron chi connectivity index (χ1n) is 7.26. The molecule has 0 radical (unpaired) electrons. The third kappa shape index (κ3) is 4.75. The van der Waals surface area contributed by atoms with Crippen molar-refractivity contribution in [3.8, 4) is 5.75 Å². The lowest BCUT2D eigenvalue weighted by molar-refractivity contribution is 0.146. The van der Waals surface area contributed by atoms with Crippen LogP contribution >= 0.6 is 0 Å². The summed E-state index contributed by atoms with van der Waals surface area (Å²) < 4.78 is 10.6. The maximum atomic E-state index is 5.62. The van der Waals surface area contributed by atoms with Gasteiger partial charge in [-0.1, -0.05) is 25.3 Å². The molecule has 1 aliphatic rings. The summed E-state index contributed by atoms with van der Waals surface area (Å²) in [5.41, 5.74) is 1.14. The average Bonchev–Trinajstić information content (AvgIpc) is 2.35. The van der Waals surface area contributed by atoms with Crippen molar-refractivity contribution in [3.05, 3.63) is 24.3 Å². The fourth-order valence-corrected chi connectivity index (χ4v) is 2.49. The monoisotopic (exact) mass is 263 g/mol. The average molecular weight is 263 g/mol. The molecule has 0 amide bonds. The van der Waals surface area contributed by atoms with E-state index in [4.69, 9.17) is 9.47 Å². The van der Waals surface area contributed by atoms with Crippen molar-refractivity contribution in [2.45, 2.75) is 38.6 Å². The molecule has 1 fully saturated rings. The Hall–Kier alpha value is -1.22. The van der Waals surface area contributed by atoms with E-state index in [0.717, 1.165) is 17.4 Å². The molecule has 0 spiro atoms. The van der Waals surface area contributed by atoms with Crippen LogP contribution < -0.4 is 10.1 Å². The number of benzene rings is 1. The van der Waals surface area contributed by atoms with Gasteiger partial charge in [0.2, 0.25) is 0 Å². The lowest BCUT2D eigenvalue weighted by Gasteiger charge is -2.29. The number of hydrogen-bond donors (Lipinski definition) is 1. The quantitative estimate of drug-likeness (QED) is 0.725. The zero-order valence-electron chi connectivity index (χ0n) is 12.0. The molecule has 106 valence electrons. The van der Waals surface area contributed by atoms with E-state index in [1.807, 2.05) is 12.1 Å². The van der Waals surface area contributed by atoms with Gasteiger partial charge in [0.05, 0.1) is 6.61 Å². The van der Waals surface area contributed by atoms with E-state index >= 15 is 0 Å². The highest BCUT2D eigenvalue weighted by molar-refractivity contribution is 5.48. The smallest absolute Gasteiger partial charge is 0.121 e. The SMILES string of the molecule is COCCOc1cccc(NC(C)CC2CCC2)c1. The molecule has 2 rings (SSSR count). The van der Waals surface area contributed by atoms with Gasteiger partial charge in [-0.05, 0) is 31.4 Å². The second-order valence-electron chi connectivity index (χ2n) is 5.45. The van der Waals surface area contributed by atoms with Crippen LogP contribution in [-0.4, -0.2) is 26.4 Å². The number of nitrogens with one attached hydrogen (secondary N) is 1. The fourth-order valence-electron chi connectivity index (χ4n) is 2.49. The standard InChI is InChI=1S/C16H25NO2/c1-13(11-14-5-3-6-14)17-15-7-4-8-16(12-15)19-10-9-18-2/h4,7-8,12-14,17H,3,5-6,9-11H2,1-2H3. The van der Waals surface area contributed by atoms with Crippen LogP contribution in [0.15, 0.2) is 24.3 Å². The lowest BCUT2D eigenvalue weighted by Crippen LogP contribution is -2.23. The molecular formula is C16H25NO2. The van der Waals surface area contributed by atoms with Crippen LogP contribution in [0.2, 0.25) is 0 Å². The number of ether oxygens (including phenoxy) is 2. The van der Waals surface area contributed by atoms with Crippen LogP contribution in [0.1, 0.15) is 32.6 Å². The van der Waals surface area contributed by atoms with Gasteiger partial charge in [-0.3, -0.25) is 0 Å². The summed E-state index contributed by atoms with van der Waals surface area (Å²) >= 11 is 0. The molecule has 19 heavy (non-hydrogen) atoms. The minimum Gasteiger partial charge on any atom is -0.491 e. The number of rotatable bonds is 8. The van der Waals surface area contributed by atoms with Gasteiger partial charge in [0.15, 0.2) is 0 Å². The van der Waals surface area contributed by atoms with Crippen LogP contribution in [0.5, 0.6) is 5.75 Å². The highest BCUT2D eigenvalue weighted by atomic mass is 16.5. The molecule has 0 bridgehead atoms. The Morgan fingerprint density at radius 2 is 2.16 bits per heavy atom. The van der Waals surface area contributed by atoms with E-state index in [-0.39, 0.29) is 0 Å². The van der Waals surface area contributed by atoms with Gasteiger partial charge in [0, 0.05) is 24.9 Å². The van der Waals surface area contributed by atoms with Crippen LogP contribution in [0.4, 0.5) is 5.69 Å². The van der Waals surface area contributed by atoms with Gasteiger partial charge in [-0.15, -0.1) is 0 Å². The number of methoxy groups -OCH3 is 1. The Bertz CT molecular complexity index is 377. The predicted octanol–water partition coefficient (Wildman–Crippen LogP) is 3.70. The summed E-state index contributed by atoms with van der Waals surface area (Å²) in [4.78, 5) is 0. The van der Waals surface area contributed by atoms with Gasteiger partial charge >= 0.3 is 0 Å². The van der Waals surface area contributed by atoms with Crippen molar-refractivity contribution in [3.63, 3.8) is 0 Å². The number of anilines is 1. The summed E-state index contributed by atoms with van der Waals surface area (Å²) in [7, 11) is 1.68. The van der Waals surface area contributed by atoms with E-state index < -0.39 is 0 Å². The Balaban J connectivity index is 1.79. The number of hydrogen-bond acceptors (Lipinski definition) is 3. The summed E-state index contributed by atoms with van der Waals surface area (Å²) in [6.07, 6.45) is 5.51. The molecule has 1 aromatic carbocycles. The molecule has 3 heteroatoms. The molecule has 1 atom stereocenters. The zero-order valence-corrected chi connectivity index (χ0v) is 12.0. The molecule has 0 heterocycles. The largest absolute Gasteiger partial charge is 0.491 e. The highest BCUT2D eigenvalue weighted by Crippen LogP contribution is 2.31. The summed E-state index contributed by atoms with van der Waals surface area (Å²) in [6, 6.07) is 8.70. The van der Waals surface area contributed by atoms with Gasteiger partial charge in [-0.25, -0.2) is 0 Å². The van der Waals surface area contributed by atoms with Crippen molar-refractivity contribution >= 4 is 5.69 Å². The molecule has 1 saturated carbocycles. The Morgan fingerprint density at radius 3 is 2.84 bits per heavy atom. The molecule has 3 nitrogen and oxygen atoms in total. The first-order valence-corrected chi connectivity index (χ1v) is 7.26. The molecule has 1 unspecified atom stereocenters. The first-order chi connectivity index (χ1) is 9.28. The van der Waals surface area contributed by atoms with E-state index in [1.54, 1.807) is 7.11 Å². The van der Waals surface area contributed by atoms with Crippen molar-refractivity contribution in [1.29, 1.82) is 0 Å². The van der Waals surface area contributed by atoms with E-state index in [1.165, 1.54) is 25.7 Å². The van der Waals surface area contributed by atoms with E-state index in [9.17, 15) is 0 Å². The lowest BCUT2D eigenvalue weighted by atomic mass is 9.81. The minimum atomic E-state index is 0.527. The molecular weight excluding hydrogens is 238 g/mol. The van der Waals surface area contributed by atoms with Gasteiger partial charge in [0.25, 0.3) is 0 Å². The summed E-state index contributed by atoms with van der Waals surface area (Å²) in [6.45, 7) is 3.48. The zero-order chi connectivity index (χ0) is 13.5. The van der Waals surface area contributed by atoms with Gasteiger partial charge in [-0.2, -0.15) is 0 Å². The van der Waals surface area contributed by atoms with Crippen molar-refractivity contribution < 1.29 is 9.47 Å². The molecule has 1 aliphatic carbocycles. The maximum absolute atomic E-state index is 5.62. The molecule has 0 aliphatic heterocycles. The molecule has 0 saturated heterocycles. The Labute approximate surface area is 116 Å². The Kier molecular flexibility index (Phi) is 5.52. The van der Waals surface area contributed by atoms with Crippen LogP contribution in [0.25, 0.3) is 0 Å². The fraction of sp³-hybridized carbons (Fsp3) is 0.625. The third-order valence-corrected chi connectivity index (χ3v) is 3.71. The van der Waals surface area contributed by atoms with Crippen molar-refractivity contribution in [1.82, 2.24) is 0 Å². The topological polar surface area (TPSA) is 30.5 Å². The third-order valence-electron chi connectivity index (χ3n) is 3.71. The molecule has 1 N–H and O–H groups in total. The normalized spacial score (nSPS) is 16.7. The van der Waals surface area contributed by atoms with Gasteiger partial charge < -0.3 is 14.8 Å². The second kappa shape index (κ2) is 7.39. The van der Waals surface area contributed by atoms with Crippen LogP contribution in [0.3, 0.4) is 0 Å². The Morgan fingerprint density at radius 1 is 1.32 bits per heavy atom.